The Morgan fingerprint density at radius 3 is 1.03 bits per heavy atom. The Bertz CT molecular complexity index is 6150. The predicted molar refractivity (Wildman–Crippen MR) is 390 cm³/mol. The molecule has 20 rings (SSSR count). The number of hydrogen-bond acceptors (Lipinski definition) is 5. The van der Waals surface area contributed by atoms with E-state index >= 15 is 0 Å². The fraction of sp³-hybridized carbons (Fsp3) is 0. The molecule has 0 aliphatic heterocycles. The second-order valence-corrected chi connectivity index (χ2v) is 24.5. The standard InChI is InChI=1S/C87H52N6O2/c1-3-23-53(24-4-1)57-27-7-9-29-59(57)55-43-47-75-69(51-55)70-52-56(60-30-10-8-28-58(60)54-25-5-2-6-26-54)44-48-76(70)93(75)87-89-85(65-33-13-19-39-73(65)91-71-37-17-11-31-61(71)63-45-49-79-81(83(63)91)67-35-15-21-41-77(67)94-79)88-86(90-87)66-34-14-20-40-74(66)92-72-38-18-12-32-62(72)64-46-50-80-82(84(64)92)68-36-16-22-42-78(68)95-80/h1-52H. The van der Waals surface area contributed by atoms with E-state index in [2.05, 4.69) is 317 Å². The number of para-hydroxylation sites is 6. The summed E-state index contributed by atoms with van der Waals surface area (Å²) in [5.74, 6) is 1.49. The molecule has 95 heavy (non-hydrogen) atoms. The van der Waals surface area contributed by atoms with E-state index < -0.39 is 0 Å². The molecule has 0 saturated heterocycles. The van der Waals surface area contributed by atoms with Crippen LogP contribution < -0.4 is 0 Å². The molecule has 0 amide bonds. The minimum Gasteiger partial charge on any atom is -0.456 e. The quantitative estimate of drug-likeness (QED) is 0.144. The normalized spacial score (nSPS) is 12.0. The van der Waals surface area contributed by atoms with Crippen LogP contribution in [0.2, 0.25) is 0 Å². The van der Waals surface area contributed by atoms with Gasteiger partial charge < -0.3 is 18.0 Å². The average Bonchev–Trinajstić information content (AvgIpc) is 1.55. The highest BCUT2D eigenvalue weighted by Crippen LogP contribution is 2.47. The predicted octanol–water partition coefficient (Wildman–Crippen LogP) is 23.0. The molecule has 6 heterocycles. The van der Waals surface area contributed by atoms with Gasteiger partial charge in [0.25, 0.3) is 0 Å². The van der Waals surface area contributed by atoms with Crippen molar-refractivity contribution in [2.24, 2.45) is 0 Å². The van der Waals surface area contributed by atoms with Gasteiger partial charge in [-0.15, -0.1) is 0 Å². The minimum atomic E-state index is 0.473. The molecular formula is C87H52N6O2. The van der Waals surface area contributed by atoms with E-state index in [0.717, 1.165) is 176 Å². The number of rotatable bonds is 9. The molecule has 0 spiro atoms. The van der Waals surface area contributed by atoms with E-state index in [4.69, 9.17) is 23.8 Å². The van der Waals surface area contributed by atoms with Gasteiger partial charge >= 0.3 is 0 Å². The first-order valence-electron chi connectivity index (χ1n) is 32.2. The van der Waals surface area contributed by atoms with Crippen molar-refractivity contribution >= 4 is 109 Å². The third-order valence-corrected chi connectivity index (χ3v) is 19.4. The van der Waals surface area contributed by atoms with Crippen LogP contribution in [0, 0.1) is 0 Å². The van der Waals surface area contributed by atoms with Gasteiger partial charge in [0.15, 0.2) is 11.6 Å². The molecule has 8 heteroatoms. The molecule has 442 valence electrons. The zero-order chi connectivity index (χ0) is 62.2. The van der Waals surface area contributed by atoms with E-state index in [1.165, 1.54) is 0 Å². The third-order valence-electron chi connectivity index (χ3n) is 19.4. The van der Waals surface area contributed by atoms with Gasteiger partial charge in [0.2, 0.25) is 5.95 Å². The van der Waals surface area contributed by atoms with Crippen molar-refractivity contribution in [1.82, 2.24) is 28.7 Å². The number of nitrogens with zero attached hydrogens (tertiary/aromatic N) is 6. The van der Waals surface area contributed by atoms with Crippen LogP contribution in [0.15, 0.2) is 324 Å². The molecule has 20 aromatic rings. The highest BCUT2D eigenvalue weighted by Gasteiger charge is 2.27. The van der Waals surface area contributed by atoms with Crippen LogP contribution in [-0.4, -0.2) is 28.7 Å². The van der Waals surface area contributed by atoms with Crippen LogP contribution in [0.3, 0.4) is 0 Å². The van der Waals surface area contributed by atoms with E-state index in [0.29, 0.717) is 17.6 Å². The summed E-state index contributed by atoms with van der Waals surface area (Å²) < 4.78 is 20.3. The van der Waals surface area contributed by atoms with Gasteiger partial charge in [0.05, 0.1) is 55.2 Å². The van der Waals surface area contributed by atoms with Gasteiger partial charge in [-0.2, -0.15) is 9.97 Å². The maximum Gasteiger partial charge on any atom is 0.238 e. The Balaban J connectivity index is 0.891. The van der Waals surface area contributed by atoms with Crippen molar-refractivity contribution in [2.75, 3.05) is 0 Å². The fourth-order valence-electron chi connectivity index (χ4n) is 15.2. The Hall–Kier alpha value is -12.9. The van der Waals surface area contributed by atoms with Gasteiger partial charge in [0.1, 0.15) is 22.3 Å². The van der Waals surface area contributed by atoms with Gasteiger partial charge in [0, 0.05) is 54.2 Å². The first-order chi connectivity index (χ1) is 47.1. The average molecular weight is 1210 g/mol. The number of benzene rings is 14. The van der Waals surface area contributed by atoms with Gasteiger partial charge in [-0.1, -0.05) is 218 Å². The summed E-state index contributed by atoms with van der Waals surface area (Å²) in [4.78, 5) is 17.4. The lowest BCUT2D eigenvalue weighted by atomic mass is 9.92. The first kappa shape index (κ1) is 52.8. The molecular weight excluding hydrogens is 1160 g/mol. The van der Waals surface area contributed by atoms with E-state index in [9.17, 15) is 0 Å². The van der Waals surface area contributed by atoms with Crippen molar-refractivity contribution in [3.63, 3.8) is 0 Å². The molecule has 0 radical (unpaired) electrons. The maximum atomic E-state index is 6.65. The lowest BCUT2D eigenvalue weighted by molar-refractivity contribution is 0.669. The summed E-state index contributed by atoms with van der Waals surface area (Å²) in [6.45, 7) is 0. The van der Waals surface area contributed by atoms with Crippen LogP contribution in [0.4, 0.5) is 0 Å². The second-order valence-electron chi connectivity index (χ2n) is 24.5. The largest absolute Gasteiger partial charge is 0.456 e. The molecule has 0 aliphatic carbocycles. The van der Waals surface area contributed by atoms with Crippen molar-refractivity contribution in [2.45, 2.75) is 0 Å². The van der Waals surface area contributed by atoms with Crippen LogP contribution in [0.1, 0.15) is 0 Å². The van der Waals surface area contributed by atoms with Crippen LogP contribution in [0.25, 0.3) is 194 Å². The SMILES string of the molecule is c1ccc(-c2ccccc2-c2ccc3c(c2)c2cc(-c4ccccc4-c4ccccc4)ccc2n3-c2nc(-c3ccccc3-n3c4ccccc4c4ccc5oc6ccccc6c5c43)nc(-c3ccccc3-n3c4ccccc4c4ccc5oc6ccccc6c5c43)n2)cc1. The Morgan fingerprint density at radius 2 is 0.579 bits per heavy atom. The van der Waals surface area contributed by atoms with Crippen molar-refractivity contribution in [3.05, 3.63) is 315 Å². The second kappa shape index (κ2) is 20.8. The zero-order valence-electron chi connectivity index (χ0n) is 51.0. The molecule has 0 bridgehead atoms. The summed E-state index contributed by atoms with van der Waals surface area (Å²) in [6, 6.07) is 112. The molecule has 0 saturated carbocycles. The highest BCUT2D eigenvalue weighted by atomic mass is 16.3. The third kappa shape index (κ3) is 8.05. The Kier molecular flexibility index (Phi) is 11.6. The monoisotopic (exact) mass is 1210 g/mol. The summed E-state index contributed by atoms with van der Waals surface area (Å²) >= 11 is 0. The number of hydrogen-bond donors (Lipinski definition) is 0. The summed E-state index contributed by atoms with van der Waals surface area (Å²) in [5, 5.41) is 10.8. The molecule has 6 aromatic heterocycles. The topological polar surface area (TPSA) is 79.7 Å². The fourth-order valence-corrected chi connectivity index (χ4v) is 15.2. The molecule has 0 N–H and O–H groups in total. The van der Waals surface area contributed by atoms with Gasteiger partial charge in [-0.3, -0.25) is 4.57 Å². The van der Waals surface area contributed by atoms with Crippen LogP contribution >= 0.6 is 0 Å². The van der Waals surface area contributed by atoms with Crippen LogP contribution in [-0.2, 0) is 0 Å². The lowest BCUT2D eigenvalue weighted by Gasteiger charge is -2.17. The molecule has 0 fully saturated rings. The summed E-state index contributed by atoms with van der Waals surface area (Å²) in [6.07, 6.45) is 0. The molecule has 0 atom stereocenters. The van der Waals surface area contributed by atoms with Crippen LogP contribution in [0.5, 0.6) is 0 Å². The van der Waals surface area contributed by atoms with Crippen molar-refractivity contribution in [3.8, 4) is 84.6 Å². The number of fused-ring (bicyclic) bond motifs is 17. The summed E-state index contributed by atoms with van der Waals surface area (Å²) in [5.41, 5.74) is 22.0. The number of furan rings is 2. The van der Waals surface area contributed by atoms with E-state index in [-0.39, 0.29) is 0 Å². The minimum absolute atomic E-state index is 0.473. The Labute approximate surface area is 543 Å². The van der Waals surface area contributed by atoms with Gasteiger partial charge in [-0.25, -0.2) is 4.98 Å². The van der Waals surface area contributed by atoms with Gasteiger partial charge in [-0.05, 0) is 142 Å². The lowest BCUT2D eigenvalue weighted by Crippen LogP contribution is -2.09. The Morgan fingerprint density at radius 1 is 0.221 bits per heavy atom. The summed E-state index contributed by atoms with van der Waals surface area (Å²) in [7, 11) is 0. The van der Waals surface area contributed by atoms with E-state index in [1.807, 2.05) is 12.1 Å². The zero-order valence-corrected chi connectivity index (χ0v) is 51.0. The highest BCUT2D eigenvalue weighted by molar-refractivity contribution is 6.26. The molecule has 0 unspecified atom stereocenters. The molecule has 8 nitrogen and oxygen atoms in total. The number of aromatic nitrogens is 6. The first-order valence-corrected chi connectivity index (χ1v) is 32.2. The smallest absolute Gasteiger partial charge is 0.238 e. The molecule has 14 aromatic carbocycles. The van der Waals surface area contributed by atoms with E-state index in [1.54, 1.807) is 0 Å². The van der Waals surface area contributed by atoms with Crippen molar-refractivity contribution in [1.29, 1.82) is 0 Å². The maximum absolute atomic E-state index is 6.65. The van der Waals surface area contributed by atoms with Crippen molar-refractivity contribution < 1.29 is 8.83 Å². The molecule has 0 aliphatic rings.